The minimum Gasteiger partial charge on any atom is -0.368 e. The Hall–Kier alpha value is -3.02. The maximum absolute atomic E-state index is 13.0. The molecule has 0 atom stereocenters. The van der Waals surface area contributed by atoms with E-state index >= 15 is 0 Å². The van der Waals surface area contributed by atoms with E-state index in [1.54, 1.807) is 24.5 Å². The molecular weight excluding hydrogens is 486 g/mol. The van der Waals surface area contributed by atoms with Crippen molar-refractivity contribution in [2.45, 2.75) is 31.0 Å². The molecule has 3 aromatic rings. The van der Waals surface area contributed by atoms with Gasteiger partial charge in [-0.3, -0.25) is 19.8 Å². The topological polar surface area (TPSA) is 52.5 Å². The maximum atomic E-state index is 13.0. The molecule has 0 bridgehead atoms. The van der Waals surface area contributed by atoms with E-state index in [1.165, 1.54) is 5.56 Å². The summed E-state index contributed by atoms with van der Waals surface area (Å²) < 4.78 is 78.3. The Morgan fingerprint density at radius 3 is 1.58 bits per heavy atom. The van der Waals surface area contributed by atoms with Gasteiger partial charge in [0.15, 0.2) is 0 Å². The third kappa shape index (κ3) is 5.53. The number of pyridine rings is 2. The number of benzene rings is 1. The molecule has 0 spiro atoms. The van der Waals surface area contributed by atoms with Gasteiger partial charge in [0.1, 0.15) is 0 Å². The summed E-state index contributed by atoms with van der Waals surface area (Å²) in [7, 11) is 0. The molecule has 192 valence electrons. The monoisotopic (exact) mass is 510 g/mol. The summed E-state index contributed by atoms with van der Waals surface area (Å²) >= 11 is 0. The summed E-state index contributed by atoms with van der Waals surface area (Å²) in [6, 6.07) is 12.9. The van der Waals surface area contributed by atoms with Crippen LogP contribution in [0.3, 0.4) is 0 Å². The standard InChI is InChI=1S/C25H24F6N4O/c26-24(27,28)23(36,25(29,30)31)22-6-5-21(15-33-22)20-3-1-18(2-4-20)16-34-11-13-35(14-12-34)17-19-7-9-32-10-8-19/h1-10,15,36H,11-14,16-17H2. The van der Waals surface area contributed by atoms with Gasteiger partial charge in [-0.05, 0) is 34.9 Å². The average molecular weight is 510 g/mol. The van der Waals surface area contributed by atoms with Gasteiger partial charge in [0.05, 0.1) is 5.69 Å². The van der Waals surface area contributed by atoms with E-state index in [0.717, 1.165) is 57.1 Å². The molecule has 2 aromatic heterocycles. The van der Waals surface area contributed by atoms with E-state index in [0.29, 0.717) is 17.2 Å². The molecule has 36 heavy (non-hydrogen) atoms. The first-order valence-corrected chi connectivity index (χ1v) is 11.2. The lowest BCUT2D eigenvalue weighted by atomic mass is 9.96. The van der Waals surface area contributed by atoms with Crippen molar-refractivity contribution in [3.05, 3.63) is 83.9 Å². The Bertz CT molecular complexity index is 1110. The van der Waals surface area contributed by atoms with E-state index in [2.05, 4.69) is 19.8 Å². The Morgan fingerprint density at radius 2 is 1.14 bits per heavy atom. The summed E-state index contributed by atoms with van der Waals surface area (Å²) in [4.78, 5) is 12.0. The van der Waals surface area contributed by atoms with Crippen molar-refractivity contribution < 1.29 is 31.4 Å². The van der Waals surface area contributed by atoms with Gasteiger partial charge >= 0.3 is 12.4 Å². The zero-order valence-corrected chi connectivity index (χ0v) is 19.1. The van der Waals surface area contributed by atoms with Crippen LogP contribution in [0, 0.1) is 0 Å². The van der Waals surface area contributed by atoms with Crippen LogP contribution in [-0.4, -0.2) is 63.4 Å². The van der Waals surface area contributed by atoms with Crippen LogP contribution >= 0.6 is 0 Å². The van der Waals surface area contributed by atoms with Gasteiger partial charge < -0.3 is 5.11 Å². The number of halogens is 6. The molecule has 1 N–H and O–H groups in total. The van der Waals surface area contributed by atoms with Crippen LogP contribution in [0.25, 0.3) is 11.1 Å². The number of rotatable bonds is 6. The summed E-state index contributed by atoms with van der Waals surface area (Å²) in [6.07, 6.45) is -7.47. The quantitative estimate of drug-likeness (QED) is 0.484. The minimum atomic E-state index is -5.97. The smallest absolute Gasteiger partial charge is 0.368 e. The summed E-state index contributed by atoms with van der Waals surface area (Å²) in [6.45, 7) is 5.27. The van der Waals surface area contributed by atoms with Crippen molar-refractivity contribution in [2.24, 2.45) is 0 Å². The number of hydrogen-bond acceptors (Lipinski definition) is 5. The lowest BCUT2D eigenvalue weighted by molar-refractivity contribution is -0.377. The molecule has 1 aliphatic heterocycles. The van der Waals surface area contributed by atoms with Gasteiger partial charge in [0.25, 0.3) is 5.60 Å². The molecule has 1 aliphatic rings. The predicted octanol–water partition coefficient (Wildman–Crippen LogP) is 4.77. The summed E-state index contributed by atoms with van der Waals surface area (Å²) in [5.41, 5.74) is -3.38. The number of alkyl halides is 6. The van der Waals surface area contributed by atoms with E-state index in [4.69, 9.17) is 0 Å². The first-order chi connectivity index (χ1) is 17.0. The second kappa shape index (κ2) is 10.2. The molecule has 11 heteroatoms. The van der Waals surface area contributed by atoms with Crippen LogP contribution in [0.4, 0.5) is 26.3 Å². The highest BCUT2D eigenvalue weighted by Gasteiger charge is 2.72. The van der Waals surface area contributed by atoms with E-state index in [1.807, 2.05) is 24.3 Å². The molecular formula is C25H24F6N4O. The lowest BCUT2D eigenvalue weighted by Crippen LogP contribution is -2.54. The molecule has 0 radical (unpaired) electrons. The third-order valence-corrected chi connectivity index (χ3v) is 6.27. The second-order valence-corrected chi connectivity index (χ2v) is 8.74. The van der Waals surface area contributed by atoms with E-state index in [9.17, 15) is 31.4 Å². The maximum Gasteiger partial charge on any atom is 0.432 e. The van der Waals surface area contributed by atoms with Crippen molar-refractivity contribution in [2.75, 3.05) is 26.2 Å². The largest absolute Gasteiger partial charge is 0.432 e. The van der Waals surface area contributed by atoms with Crippen molar-refractivity contribution in [1.82, 2.24) is 19.8 Å². The lowest BCUT2D eigenvalue weighted by Gasteiger charge is -2.34. The van der Waals surface area contributed by atoms with Crippen molar-refractivity contribution in [3.8, 4) is 11.1 Å². The number of aromatic nitrogens is 2. The highest BCUT2D eigenvalue weighted by atomic mass is 19.4. The normalized spacial score (nSPS) is 16.3. The van der Waals surface area contributed by atoms with Crippen LogP contribution in [0.1, 0.15) is 16.8 Å². The van der Waals surface area contributed by atoms with E-state index < -0.39 is 23.6 Å². The molecule has 1 saturated heterocycles. The van der Waals surface area contributed by atoms with Crippen LogP contribution in [0.2, 0.25) is 0 Å². The molecule has 4 rings (SSSR count). The minimum absolute atomic E-state index is 0.335. The van der Waals surface area contributed by atoms with Gasteiger partial charge in [-0.1, -0.05) is 30.3 Å². The second-order valence-electron chi connectivity index (χ2n) is 8.74. The van der Waals surface area contributed by atoms with Gasteiger partial charge in [-0.25, -0.2) is 0 Å². The van der Waals surface area contributed by atoms with Crippen LogP contribution in [-0.2, 0) is 18.7 Å². The number of aliphatic hydroxyl groups is 1. The van der Waals surface area contributed by atoms with Gasteiger partial charge in [0, 0.05) is 63.4 Å². The Labute approximate surface area is 204 Å². The number of piperazine rings is 1. The Kier molecular flexibility index (Phi) is 7.35. The number of hydrogen-bond donors (Lipinski definition) is 1. The van der Waals surface area contributed by atoms with Crippen molar-refractivity contribution in [1.29, 1.82) is 0 Å². The summed E-state index contributed by atoms with van der Waals surface area (Å²) in [5, 5.41) is 9.48. The van der Waals surface area contributed by atoms with Gasteiger partial charge in [-0.15, -0.1) is 0 Å². The summed E-state index contributed by atoms with van der Waals surface area (Å²) in [5.74, 6) is 0. The molecule has 1 fully saturated rings. The van der Waals surface area contributed by atoms with Crippen molar-refractivity contribution in [3.63, 3.8) is 0 Å². The molecule has 0 amide bonds. The Balaban J connectivity index is 1.36. The fourth-order valence-electron chi connectivity index (χ4n) is 4.14. The number of nitrogens with zero attached hydrogens (tertiary/aromatic N) is 4. The molecule has 0 unspecified atom stereocenters. The zero-order valence-electron chi connectivity index (χ0n) is 19.1. The molecule has 1 aromatic carbocycles. The highest BCUT2D eigenvalue weighted by Crippen LogP contribution is 2.49. The SMILES string of the molecule is OC(c1ccc(-c2ccc(CN3CCN(Cc4ccncc4)CC3)cc2)cn1)(C(F)(F)F)C(F)(F)F. The highest BCUT2D eigenvalue weighted by molar-refractivity contribution is 5.62. The Morgan fingerprint density at radius 1 is 0.667 bits per heavy atom. The predicted molar refractivity (Wildman–Crippen MR) is 120 cm³/mol. The van der Waals surface area contributed by atoms with Crippen LogP contribution in [0.15, 0.2) is 67.1 Å². The van der Waals surface area contributed by atoms with Crippen LogP contribution < -0.4 is 0 Å². The van der Waals surface area contributed by atoms with E-state index in [-0.39, 0.29) is 0 Å². The van der Waals surface area contributed by atoms with Gasteiger partial charge in [0.2, 0.25) is 0 Å². The zero-order chi connectivity index (χ0) is 26.0. The average Bonchev–Trinajstić information content (AvgIpc) is 2.85. The first-order valence-electron chi connectivity index (χ1n) is 11.2. The van der Waals surface area contributed by atoms with Gasteiger partial charge in [-0.2, -0.15) is 26.3 Å². The van der Waals surface area contributed by atoms with Crippen LogP contribution in [0.5, 0.6) is 0 Å². The fraction of sp³-hybridized carbons (Fsp3) is 0.360. The first kappa shape index (κ1) is 26.1. The molecule has 0 saturated carbocycles. The molecule has 5 nitrogen and oxygen atoms in total. The fourth-order valence-corrected chi connectivity index (χ4v) is 4.14. The molecule has 0 aliphatic carbocycles. The van der Waals surface area contributed by atoms with Crippen molar-refractivity contribution >= 4 is 0 Å². The molecule has 3 heterocycles. The third-order valence-electron chi connectivity index (χ3n) is 6.27.